The van der Waals surface area contributed by atoms with E-state index in [1.165, 1.54) is 16.2 Å². The van der Waals surface area contributed by atoms with Gasteiger partial charge in [0.25, 0.3) is 0 Å². The lowest BCUT2D eigenvalue weighted by atomic mass is 10.0. The van der Waals surface area contributed by atoms with Crippen LogP contribution >= 0.6 is 11.8 Å². The van der Waals surface area contributed by atoms with Crippen LogP contribution in [0.1, 0.15) is 31.4 Å². The molecule has 0 amide bonds. The van der Waals surface area contributed by atoms with E-state index in [-0.39, 0.29) is 0 Å². The van der Waals surface area contributed by atoms with E-state index in [9.17, 15) is 0 Å². The van der Waals surface area contributed by atoms with Crippen LogP contribution in [0, 0.1) is 0 Å². The molecule has 1 fully saturated rings. The van der Waals surface area contributed by atoms with Crippen LogP contribution in [-0.2, 0) is 4.74 Å². The van der Waals surface area contributed by atoms with Crippen LogP contribution in [0.4, 0.5) is 0 Å². The van der Waals surface area contributed by atoms with Gasteiger partial charge in [0.15, 0.2) is 0 Å². The molecular formula is C14H19NOS. The van der Waals surface area contributed by atoms with Gasteiger partial charge in [0.1, 0.15) is 0 Å². The largest absolute Gasteiger partial charge is 0.378 e. The minimum Gasteiger partial charge on any atom is -0.378 e. The minimum absolute atomic E-state index is 0.408. The van der Waals surface area contributed by atoms with Crippen LogP contribution in [0.25, 0.3) is 0 Å². The molecule has 0 saturated carbocycles. The van der Waals surface area contributed by atoms with Crippen LogP contribution < -0.4 is 5.32 Å². The molecule has 3 atom stereocenters. The molecule has 92 valence electrons. The number of benzene rings is 1. The van der Waals surface area contributed by atoms with E-state index in [2.05, 4.69) is 36.5 Å². The Hall–Kier alpha value is -0.510. The monoisotopic (exact) mass is 249 g/mol. The summed E-state index contributed by atoms with van der Waals surface area (Å²) in [5.41, 5.74) is 1.48. The fraction of sp³-hybridized carbons (Fsp3) is 0.571. The normalized spacial score (nSPS) is 32.4. The molecular weight excluding hydrogens is 230 g/mol. The first-order valence-corrected chi connectivity index (χ1v) is 7.41. The molecule has 0 aromatic heterocycles. The van der Waals surface area contributed by atoms with E-state index in [0.717, 1.165) is 19.4 Å². The molecule has 3 unspecified atom stereocenters. The highest BCUT2D eigenvalue weighted by Crippen LogP contribution is 2.38. The van der Waals surface area contributed by atoms with Gasteiger partial charge in [0.2, 0.25) is 0 Å². The van der Waals surface area contributed by atoms with Gasteiger partial charge in [-0.25, -0.2) is 0 Å². The first-order valence-electron chi connectivity index (χ1n) is 6.42. The molecule has 1 saturated heterocycles. The van der Waals surface area contributed by atoms with Crippen LogP contribution in [-0.4, -0.2) is 24.5 Å². The maximum atomic E-state index is 5.60. The highest BCUT2D eigenvalue weighted by Gasteiger charge is 2.27. The molecule has 2 aliphatic heterocycles. The molecule has 1 aromatic carbocycles. The number of ether oxygens (including phenoxy) is 1. The Morgan fingerprint density at radius 1 is 1.35 bits per heavy atom. The summed E-state index contributed by atoms with van der Waals surface area (Å²) < 4.78 is 5.60. The fourth-order valence-corrected chi connectivity index (χ4v) is 3.91. The average Bonchev–Trinajstić information content (AvgIpc) is 2.73. The van der Waals surface area contributed by atoms with Crippen molar-refractivity contribution in [1.29, 1.82) is 0 Å². The summed E-state index contributed by atoms with van der Waals surface area (Å²) in [6, 6.07) is 9.92. The van der Waals surface area contributed by atoms with Gasteiger partial charge in [-0.05, 0) is 31.4 Å². The highest BCUT2D eigenvalue weighted by atomic mass is 32.2. The number of thioether (sulfide) groups is 1. The first-order chi connectivity index (χ1) is 8.33. The van der Waals surface area contributed by atoms with Gasteiger partial charge >= 0.3 is 0 Å². The van der Waals surface area contributed by atoms with Gasteiger partial charge in [0, 0.05) is 29.3 Å². The molecule has 2 nitrogen and oxygen atoms in total. The predicted molar refractivity (Wildman–Crippen MR) is 71.5 cm³/mol. The maximum absolute atomic E-state index is 5.60. The Morgan fingerprint density at radius 3 is 3.12 bits per heavy atom. The third kappa shape index (κ3) is 2.51. The smallest absolute Gasteiger partial charge is 0.0561 e. The van der Waals surface area contributed by atoms with Crippen LogP contribution in [0.15, 0.2) is 29.2 Å². The van der Waals surface area contributed by atoms with E-state index in [1.807, 2.05) is 11.8 Å². The summed E-state index contributed by atoms with van der Waals surface area (Å²) in [6.45, 7) is 3.07. The summed E-state index contributed by atoms with van der Waals surface area (Å²) in [5, 5.41) is 3.80. The Bertz CT molecular complexity index is 396. The lowest BCUT2D eigenvalue weighted by Crippen LogP contribution is -2.40. The molecule has 1 N–H and O–H groups in total. The van der Waals surface area contributed by atoms with Gasteiger partial charge in [-0.3, -0.25) is 0 Å². The second-order valence-corrected chi connectivity index (χ2v) is 6.03. The van der Waals surface area contributed by atoms with Crippen molar-refractivity contribution in [2.45, 2.75) is 42.8 Å². The molecule has 0 aliphatic carbocycles. The van der Waals surface area contributed by atoms with E-state index >= 15 is 0 Å². The molecule has 0 spiro atoms. The Kier molecular flexibility index (Phi) is 3.41. The van der Waals surface area contributed by atoms with Crippen molar-refractivity contribution in [2.75, 3.05) is 12.4 Å². The summed E-state index contributed by atoms with van der Waals surface area (Å²) in [6.07, 6.45) is 2.70. The van der Waals surface area contributed by atoms with Crippen molar-refractivity contribution in [2.24, 2.45) is 0 Å². The second-order valence-electron chi connectivity index (χ2n) is 4.97. The number of nitrogens with one attached hydrogen (secondary N) is 1. The van der Waals surface area contributed by atoms with Gasteiger partial charge in [-0.2, -0.15) is 0 Å². The van der Waals surface area contributed by atoms with Crippen molar-refractivity contribution in [1.82, 2.24) is 5.32 Å². The lowest BCUT2D eigenvalue weighted by Gasteiger charge is -2.30. The number of fused-ring (bicyclic) bond motifs is 1. The molecule has 0 radical (unpaired) electrons. The first kappa shape index (κ1) is 11.6. The molecule has 3 heteroatoms. The highest BCUT2D eigenvalue weighted by molar-refractivity contribution is 7.99. The third-order valence-electron chi connectivity index (χ3n) is 3.62. The van der Waals surface area contributed by atoms with Gasteiger partial charge in [-0.1, -0.05) is 18.2 Å². The van der Waals surface area contributed by atoms with E-state index in [0.29, 0.717) is 18.2 Å². The number of rotatable bonds is 2. The van der Waals surface area contributed by atoms with Crippen LogP contribution in [0.3, 0.4) is 0 Å². The average molecular weight is 249 g/mol. The molecule has 3 rings (SSSR count). The fourth-order valence-electron chi connectivity index (χ4n) is 2.73. The predicted octanol–water partition coefficient (Wildman–Crippen LogP) is 2.99. The van der Waals surface area contributed by atoms with E-state index < -0.39 is 0 Å². The molecule has 2 heterocycles. The van der Waals surface area contributed by atoms with E-state index in [1.54, 1.807) is 0 Å². The number of hydrogen-bond acceptors (Lipinski definition) is 3. The maximum Gasteiger partial charge on any atom is 0.0561 e. The zero-order chi connectivity index (χ0) is 11.7. The molecule has 1 aromatic rings. The Labute approximate surface area is 107 Å². The zero-order valence-electron chi connectivity index (χ0n) is 10.2. The second kappa shape index (κ2) is 5.01. The lowest BCUT2D eigenvalue weighted by molar-refractivity contribution is 0.0117. The standard InChI is InChI=1S/C14H19NOS/c1-10-8-11(6-7-16-10)15-13-9-17-14-5-3-2-4-12(13)14/h2-5,10-11,13,15H,6-9H2,1H3. The number of hydrogen-bond donors (Lipinski definition) is 1. The van der Waals surface area contributed by atoms with Crippen LogP contribution in [0.2, 0.25) is 0 Å². The van der Waals surface area contributed by atoms with Gasteiger partial charge < -0.3 is 10.1 Å². The van der Waals surface area contributed by atoms with Crippen LogP contribution in [0.5, 0.6) is 0 Å². The van der Waals surface area contributed by atoms with Crippen molar-refractivity contribution in [3.8, 4) is 0 Å². The SMILES string of the molecule is CC1CC(NC2CSc3ccccc32)CCO1. The van der Waals surface area contributed by atoms with Crippen molar-refractivity contribution in [3.05, 3.63) is 29.8 Å². The van der Waals surface area contributed by atoms with Gasteiger partial charge in [0.05, 0.1) is 6.10 Å². The summed E-state index contributed by atoms with van der Waals surface area (Å²) in [4.78, 5) is 1.45. The minimum atomic E-state index is 0.408. The third-order valence-corrected chi connectivity index (χ3v) is 4.80. The molecule has 17 heavy (non-hydrogen) atoms. The van der Waals surface area contributed by atoms with Crippen molar-refractivity contribution >= 4 is 11.8 Å². The molecule has 2 aliphatic rings. The topological polar surface area (TPSA) is 21.3 Å². The van der Waals surface area contributed by atoms with E-state index in [4.69, 9.17) is 4.74 Å². The Balaban J connectivity index is 1.67. The Morgan fingerprint density at radius 2 is 2.24 bits per heavy atom. The van der Waals surface area contributed by atoms with Gasteiger partial charge in [-0.15, -0.1) is 11.8 Å². The quantitative estimate of drug-likeness (QED) is 0.870. The summed E-state index contributed by atoms with van der Waals surface area (Å²) in [5.74, 6) is 1.17. The summed E-state index contributed by atoms with van der Waals surface area (Å²) >= 11 is 1.97. The van der Waals surface area contributed by atoms with Crippen molar-refractivity contribution in [3.63, 3.8) is 0 Å². The zero-order valence-corrected chi connectivity index (χ0v) is 11.0. The summed E-state index contributed by atoms with van der Waals surface area (Å²) in [7, 11) is 0. The molecule has 0 bridgehead atoms. The van der Waals surface area contributed by atoms with Crippen molar-refractivity contribution < 1.29 is 4.74 Å².